The molecule has 2 rings (SSSR count). The van der Waals surface area contributed by atoms with Gasteiger partial charge in [0.2, 0.25) is 5.91 Å². The first-order chi connectivity index (χ1) is 11.8. The van der Waals surface area contributed by atoms with Crippen molar-refractivity contribution in [2.45, 2.75) is 110 Å². The molecule has 2 nitrogen and oxygen atoms in total. The molecule has 2 heteroatoms. The highest BCUT2D eigenvalue weighted by molar-refractivity contribution is 5.76. The Morgan fingerprint density at radius 2 is 1.33 bits per heavy atom. The Balaban J connectivity index is 1.37. The summed E-state index contributed by atoms with van der Waals surface area (Å²) in [7, 11) is 0. The lowest BCUT2D eigenvalue weighted by molar-refractivity contribution is -0.130. The van der Waals surface area contributed by atoms with Crippen LogP contribution in [0.4, 0.5) is 0 Å². The summed E-state index contributed by atoms with van der Waals surface area (Å²) in [4.78, 5) is 14.0. The minimum absolute atomic E-state index is 0.402. The third-order valence-electron chi connectivity index (χ3n) is 5.71. The van der Waals surface area contributed by atoms with Crippen LogP contribution in [-0.2, 0) is 4.79 Å². The van der Waals surface area contributed by atoms with E-state index in [1.807, 2.05) is 0 Å². The van der Waals surface area contributed by atoms with Gasteiger partial charge in [0.25, 0.3) is 0 Å². The summed E-state index contributed by atoms with van der Waals surface area (Å²) in [5.41, 5.74) is 3.56. The van der Waals surface area contributed by atoms with Crippen LogP contribution < -0.4 is 0 Å². The van der Waals surface area contributed by atoms with E-state index < -0.39 is 0 Å². The predicted molar refractivity (Wildman–Crippen MR) is 103 cm³/mol. The zero-order chi connectivity index (χ0) is 17.0. The van der Waals surface area contributed by atoms with Crippen LogP contribution in [0.25, 0.3) is 0 Å². The van der Waals surface area contributed by atoms with Crippen molar-refractivity contribution in [2.24, 2.45) is 0 Å². The fraction of sp³-hybridized carbons (Fsp3) is 0.864. The summed E-state index contributed by atoms with van der Waals surface area (Å²) in [6, 6.07) is 0. The molecule has 0 N–H and O–H groups in total. The first kappa shape index (κ1) is 19.5. The molecule has 24 heavy (non-hydrogen) atoms. The van der Waals surface area contributed by atoms with Crippen LogP contribution in [0.5, 0.6) is 0 Å². The maximum absolute atomic E-state index is 11.9. The molecule has 0 aromatic heterocycles. The van der Waals surface area contributed by atoms with Gasteiger partial charge >= 0.3 is 0 Å². The van der Waals surface area contributed by atoms with Crippen LogP contribution in [0.3, 0.4) is 0 Å². The zero-order valence-corrected chi connectivity index (χ0v) is 16.1. The van der Waals surface area contributed by atoms with Gasteiger partial charge in [0.1, 0.15) is 0 Å². The van der Waals surface area contributed by atoms with Crippen LogP contribution in [0.2, 0.25) is 0 Å². The SMILES string of the molecule is CCCCCCCCC1=C(CCCCCCC(=O)N2CCCC2)C1. The molecule has 0 atom stereocenters. The maximum Gasteiger partial charge on any atom is 0.222 e. The Morgan fingerprint density at radius 1 is 0.792 bits per heavy atom. The molecule has 1 heterocycles. The van der Waals surface area contributed by atoms with Gasteiger partial charge in [0.05, 0.1) is 0 Å². The molecule has 2 aliphatic rings. The number of nitrogens with zero attached hydrogens (tertiary/aromatic N) is 1. The van der Waals surface area contributed by atoms with Gasteiger partial charge in [-0.25, -0.2) is 0 Å². The van der Waals surface area contributed by atoms with Crippen molar-refractivity contribution < 1.29 is 4.79 Å². The number of unbranched alkanes of at least 4 members (excludes halogenated alkanes) is 8. The molecule has 1 saturated heterocycles. The van der Waals surface area contributed by atoms with Gasteiger partial charge in [-0.05, 0) is 51.4 Å². The molecular weight excluding hydrogens is 294 g/mol. The number of allylic oxidation sites excluding steroid dienone is 2. The molecule has 1 fully saturated rings. The number of hydrogen-bond donors (Lipinski definition) is 0. The van der Waals surface area contributed by atoms with Crippen LogP contribution in [0.1, 0.15) is 110 Å². The molecule has 1 aliphatic heterocycles. The average molecular weight is 334 g/mol. The van der Waals surface area contributed by atoms with E-state index in [-0.39, 0.29) is 0 Å². The van der Waals surface area contributed by atoms with Crippen molar-refractivity contribution in [1.29, 1.82) is 0 Å². The van der Waals surface area contributed by atoms with Gasteiger partial charge in [-0.3, -0.25) is 4.79 Å². The van der Waals surface area contributed by atoms with E-state index in [4.69, 9.17) is 0 Å². The second-order valence-electron chi connectivity index (χ2n) is 7.90. The Kier molecular flexibility index (Phi) is 9.53. The van der Waals surface area contributed by atoms with Crippen LogP contribution in [0, 0.1) is 0 Å². The van der Waals surface area contributed by atoms with E-state index in [0.717, 1.165) is 25.9 Å². The molecule has 1 aliphatic carbocycles. The van der Waals surface area contributed by atoms with E-state index in [2.05, 4.69) is 11.8 Å². The smallest absolute Gasteiger partial charge is 0.222 e. The molecule has 0 saturated carbocycles. The standard InChI is InChI=1S/C22H39NO/c1-2-3-4-5-6-9-14-20-19-21(20)15-10-7-8-11-16-22(24)23-17-12-13-18-23/h2-19H2,1H3. The summed E-state index contributed by atoms with van der Waals surface area (Å²) >= 11 is 0. The third-order valence-corrected chi connectivity index (χ3v) is 5.71. The summed E-state index contributed by atoms with van der Waals surface area (Å²) in [6.45, 7) is 4.30. The molecular formula is C22H39NO. The van der Waals surface area contributed by atoms with Crippen molar-refractivity contribution in [2.75, 3.05) is 13.1 Å². The van der Waals surface area contributed by atoms with Crippen molar-refractivity contribution in [1.82, 2.24) is 4.90 Å². The Morgan fingerprint density at radius 3 is 1.96 bits per heavy atom. The molecule has 1 amide bonds. The Labute approximate surface area is 150 Å². The number of carbonyl (C=O) groups is 1. The number of amides is 1. The molecule has 0 spiro atoms. The summed E-state index contributed by atoms with van der Waals surface area (Å²) in [5.74, 6) is 0.402. The van der Waals surface area contributed by atoms with Gasteiger partial charge in [0, 0.05) is 19.5 Å². The lowest BCUT2D eigenvalue weighted by Gasteiger charge is -2.14. The number of hydrogen-bond acceptors (Lipinski definition) is 1. The highest BCUT2D eigenvalue weighted by atomic mass is 16.2. The van der Waals surface area contributed by atoms with Crippen LogP contribution in [0.15, 0.2) is 11.1 Å². The molecule has 0 bridgehead atoms. The lowest BCUT2D eigenvalue weighted by Crippen LogP contribution is -2.27. The summed E-state index contributed by atoms with van der Waals surface area (Å²) in [5, 5.41) is 0. The fourth-order valence-corrected chi connectivity index (χ4v) is 3.96. The average Bonchev–Trinajstić information content (AvgIpc) is 3.10. The van der Waals surface area contributed by atoms with Gasteiger partial charge in [-0.15, -0.1) is 0 Å². The van der Waals surface area contributed by atoms with E-state index in [0.29, 0.717) is 5.91 Å². The van der Waals surface area contributed by atoms with Crippen molar-refractivity contribution in [3.63, 3.8) is 0 Å². The molecule has 0 aromatic carbocycles. The van der Waals surface area contributed by atoms with Crippen molar-refractivity contribution >= 4 is 5.91 Å². The zero-order valence-electron chi connectivity index (χ0n) is 16.1. The minimum atomic E-state index is 0.402. The van der Waals surface area contributed by atoms with Crippen LogP contribution >= 0.6 is 0 Å². The number of carbonyl (C=O) groups excluding carboxylic acids is 1. The Bertz CT molecular complexity index is 393. The van der Waals surface area contributed by atoms with E-state index >= 15 is 0 Å². The normalized spacial score (nSPS) is 17.0. The molecule has 0 unspecified atom stereocenters. The second-order valence-corrected chi connectivity index (χ2v) is 7.90. The topological polar surface area (TPSA) is 20.3 Å². The van der Waals surface area contributed by atoms with Gasteiger partial charge in [0.15, 0.2) is 0 Å². The van der Waals surface area contributed by atoms with Crippen LogP contribution in [-0.4, -0.2) is 23.9 Å². The monoisotopic (exact) mass is 333 g/mol. The van der Waals surface area contributed by atoms with Gasteiger partial charge in [-0.1, -0.05) is 63.0 Å². The van der Waals surface area contributed by atoms with Crippen molar-refractivity contribution in [3.05, 3.63) is 11.1 Å². The van der Waals surface area contributed by atoms with E-state index in [1.165, 1.54) is 89.9 Å². The third kappa shape index (κ3) is 7.85. The number of rotatable bonds is 14. The molecule has 0 radical (unpaired) electrons. The maximum atomic E-state index is 11.9. The fourth-order valence-electron chi connectivity index (χ4n) is 3.96. The van der Waals surface area contributed by atoms with Crippen molar-refractivity contribution in [3.8, 4) is 0 Å². The first-order valence-electron chi connectivity index (χ1n) is 10.8. The minimum Gasteiger partial charge on any atom is -0.343 e. The quantitative estimate of drug-likeness (QED) is 0.266. The van der Waals surface area contributed by atoms with Gasteiger partial charge in [-0.2, -0.15) is 0 Å². The lowest BCUT2D eigenvalue weighted by atomic mass is 10.1. The highest BCUT2D eigenvalue weighted by Crippen LogP contribution is 2.38. The number of likely N-dealkylation sites (tertiary alicyclic amines) is 1. The summed E-state index contributed by atoms with van der Waals surface area (Å²) < 4.78 is 0. The molecule has 0 aromatic rings. The largest absolute Gasteiger partial charge is 0.343 e. The molecule has 138 valence electrons. The highest BCUT2D eigenvalue weighted by Gasteiger charge is 2.19. The van der Waals surface area contributed by atoms with Gasteiger partial charge < -0.3 is 4.90 Å². The Hall–Kier alpha value is -0.790. The van der Waals surface area contributed by atoms with E-state index in [9.17, 15) is 4.79 Å². The summed E-state index contributed by atoms with van der Waals surface area (Å²) in [6.07, 6.45) is 20.7. The first-order valence-corrected chi connectivity index (χ1v) is 10.8. The second kappa shape index (κ2) is 11.7. The predicted octanol–water partition coefficient (Wildman–Crippen LogP) is 6.40. The van der Waals surface area contributed by atoms with E-state index in [1.54, 1.807) is 11.1 Å².